The van der Waals surface area contributed by atoms with Gasteiger partial charge in [-0.25, -0.2) is 18.1 Å². The van der Waals surface area contributed by atoms with E-state index in [9.17, 15) is 13.2 Å². The number of fused-ring (bicyclic) bond motifs is 1. The summed E-state index contributed by atoms with van der Waals surface area (Å²) >= 11 is 0. The van der Waals surface area contributed by atoms with E-state index < -0.39 is 21.7 Å². The minimum Gasteiger partial charge on any atom is -0.481 e. The highest BCUT2D eigenvalue weighted by Crippen LogP contribution is 2.28. The highest BCUT2D eigenvalue weighted by molar-refractivity contribution is 7.91. The topological polar surface area (TPSA) is 102 Å². The number of rotatable bonds is 2. The molecular formula is C12H17N3O4S. The predicted octanol–water partition coefficient (Wildman–Crippen LogP) is 0.217. The zero-order chi connectivity index (χ0) is 14.3. The summed E-state index contributed by atoms with van der Waals surface area (Å²) in [6.45, 7) is 0.330. The molecule has 20 heavy (non-hydrogen) atoms. The van der Waals surface area contributed by atoms with Crippen molar-refractivity contribution in [1.82, 2.24) is 14.8 Å². The van der Waals surface area contributed by atoms with Crippen molar-refractivity contribution in [3.05, 3.63) is 11.6 Å². The van der Waals surface area contributed by atoms with Crippen molar-refractivity contribution >= 4 is 15.8 Å². The Bertz CT molecular complexity index is 637. The summed E-state index contributed by atoms with van der Waals surface area (Å²) < 4.78 is 25.0. The SMILES string of the molecule is O=C(O)C1CCc2nc(C3CCCS(=O)(=O)C3)nn2C1. The Kier molecular flexibility index (Phi) is 3.27. The van der Waals surface area contributed by atoms with Crippen molar-refractivity contribution in [2.45, 2.75) is 38.1 Å². The van der Waals surface area contributed by atoms with E-state index in [1.807, 2.05) is 0 Å². The first-order valence-electron chi connectivity index (χ1n) is 6.81. The molecular weight excluding hydrogens is 282 g/mol. The molecule has 3 heterocycles. The summed E-state index contributed by atoms with van der Waals surface area (Å²) in [4.78, 5) is 15.4. The quantitative estimate of drug-likeness (QED) is 0.838. The van der Waals surface area contributed by atoms with Gasteiger partial charge < -0.3 is 5.11 Å². The van der Waals surface area contributed by atoms with Gasteiger partial charge in [0.15, 0.2) is 15.7 Å². The second kappa shape index (κ2) is 4.83. The van der Waals surface area contributed by atoms with Crippen molar-refractivity contribution < 1.29 is 18.3 Å². The number of hydrogen-bond acceptors (Lipinski definition) is 5. The summed E-state index contributed by atoms with van der Waals surface area (Å²) in [5.74, 6) is 0.321. The van der Waals surface area contributed by atoms with E-state index in [0.717, 1.165) is 12.2 Å². The molecule has 1 N–H and O–H groups in total. The Labute approximate surface area is 116 Å². The molecule has 0 spiro atoms. The van der Waals surface area contributed by atoms with E-state index >= 15 is 0 Å². The average molecular weight is 299 g/mol. The normalized spacial score (nSPS) is 28.8. The van der Waals surface area contributed by atoms with Crippen LogP contribution in [-0.2, 0) is 27.6 Å². The van der Waals surface area contributed by atoms with Crippen LogP contribution in [0.5, 0.6) is 0 Å². The summed E-state index contributed by atoms with van der Waals surface area (Å²) in [7, 11) is -2.99. The number of aliphatic carboxylic acids is 1. The molecule has 0 aliphatic carbocycles. The van der Waals surface area contributed by atoms with Crippen LogP contribution in [0, 0.1) is 5.92 Å². The number of aromatic nitrogens is 3. The zero-order valence-corrected chi connectivity index (χ0v) is 11.8. The molecule has 8 heteroatoms. The smallest absolute Gasteiger partial charge is 0.308 e. The first-order chi connectivity index (χ1) is 9.44. The van der Waals surface area contributed by atoms with Gasteiger partial charge in [-0.1, -0.05) is 0 Å². The first-order valence-corrected chi connectivity index (χ1v) is 8.63. The Balaban J connectivity index is 1.82. The van der Waals surface area contributed by atoms with E-state index in [4.69, 9.17) is 5.11 Å². The molecule has 0 bridgehead atoms. The average Bonchev–Trinajstić information content (AvgIpc) is 2.80. The zero-order valence-electron chi connectivity index (χ0n) is 11.0. The Morgan fingerprint density at radius 3 is 2.85 bits per heavy atom. The van der Waals surface area contributed by atoms with Crippen LogP contribution in [0.25, 0.3) is 0 Å². The number of carboxylic acid groups (broad SMARTS) is 1. The Morgan fingerprint density at radius 2 is 2.15 bits per heavy atom. The fourth-order valence-electron chi connectivity index (χ4n) is 2.93. The van der Waals surface area contributed by atoms with Crippen molar-refractivity contribution in [3.8, 4) is 0 Å². The second-order valence-electron chi connectivity index (χ2n) is 5.60. The molecule has 1 aromatic rings. The molecule has 1 saturated heterocycles. The summed E-state index contributed by atoms with van der Waals surface area (Å²) in [6.07, 6.45) is 2.58. The lowest BCUT2D eigenvalue weighted by Gasteiger charge is -2.19. The van der Waals surface area contributed by atoms with Crippen LogP contribution < -0.4 is 0 Å². The maximum absolute atomic E-state index is 11.7. The Hall–Kier alpha value is -1.44. The molecule has 1 aromatic heterocycles. The lowest BCUT2D eigenvalue weighted by atomic mass is 10.0. The minimum atomic E-state index is -2.99. The van der Waals surface area contributed by atoms with Crippen molar-refractivity contribution in [1.29, 1.82) is 0 Å². The van der Waals surface area contributed by atoms with E-state index in [2.05, 4.69) is 10.1 Å². The molecule has 3 rings (SSSR count). The third-order valence-corrected chi connectivity index (χ3v) is 5.87. The number of nitrogens with zero attached hydrogens (tertiary/aromatic N) is 3. The minimum absolute atomic E-state index is 0.110. The number of carbonyl (C=O) groups is 1. The molecule has 1 fully saturated rings. The highest BCUT2D eigenvalue weighted by atomic mass is 32.2. The van der Waals surface area contributed by atoms with Crippen LogP contribution in [0.3, 0.4) is 0 Å². The molecule has 0 saturated carbocycles. The monoisotopic (exact) mass is 299 g/mol. The molecule has 0 radical (unpaired) electrons. The fraction of sp³-hybridized carbons (Fsp3) is 0.750. The van der Waals surface area contributed by atoms with Gasteiger partial charge in [-0.2, -0.15) is 5.10 Å². The first kappa shape index (κ1) is 13.5. The van der Waals surface area contributed by atoms with Gasteiger partial charge in [0.1, 0.15) is 5.82 Å². The van der Waals surface area contributed by atoms with E-state index in [1.54, 1.807) is 4.68 Å². The van der Waals surface area contributed by atoms with Crippen LogP contribution in [-0.4, -0.2) is 45.8 Å². The number of carboxylic acids is 1. The number of sulfone groups is 1. The van der Waals surface area contributed by atoms with Gasteiger partial charge in [0.25, 0.3) is 0 Å². The molecule has 2 aliphatic rings. The third-order valence-electron chi connectivity index (χ3n) is 4.05. The van der Waals surface area contributed by atoms with Crippen LogP contribution in [0.2, 0.25) is 0 Å². The fourth-order valence-corrected chi connectivity index (χ4v) is 4.63. The van der Waals surface area contributed by atoms with E-state index in [-0.39, 0.29) is 17.4 Å². The molecule has 2 aliphatic heterocycles. The van der Waals surface area contributed by atoms with Gasteiger partial charge in [-0.05, 0) is 19.3 Å². The van der Waals surface area contributed by atoms with Crippen molar-refractivity contribution in [2.75, 3.05) is 11.5 Å². The predicted molar refractivity (Wildman–Crippen MR) is 70.1 cm³/mol. The van der Waals surface area contributed by atoms with E-state index in [1.165, 1.54) is 0 Å². The van der Waals surface area contributed by atoms with Crippen LogP contribution in [0.4, 0.5) is 0 Å². The van der Waals surface area contributed by atoms with Crippen LogP contribution in [0.15, 0.2) is 0 Å². The number of hydrogen-bond donors (Lipinski definition) is 1. The molecule has 110 valence electrons. The second-order valence-corrected chi connectivity index (χ2v) is 7.82. The third kappa shape index (κ3) is 2.56. The highest BCUT2D eigenvalue weighted by Gasteiger charge is 2.32. The van der Waals surface area contributed by atoms with Gasteiger partial charge in [0.2, 0.25) is 0 Å². The van der Waals surface area contributed by atoms with E-state index in [0.29, 0.717) is 31.6 Å². The summed E-state index contributed by atoms with van der Waals surface area (Å²) in [6, 6.07) is 0. The van der Waals surface area contributed by atoms with Gasteiger partial charge >= 0.3 is 5.97 Å². The molecule has 0 aromatic carbocycles. The summed E-state index contributed by atoms with van der Waals surface area (Å²) in [5.41, 5.74) is 0. The maximum atomic E-state index is 11.7. The largest absolute Gasteiger partial charge is 0.481 e. The van der Waals surface area contributed by atoms with Crippen LogP contribution >= 0.6 is 0 Å². The lowest BCUT2D eigenvalue weighted by Crippen LogP contribution is -2.27. The van der Waals surface area contributed by atoms with Gasteiger partial charge in [0, 0.05) is 12.3 Å². The van der Waals surface area contributed by atoms with Gasteiger partial charge in [-0.15, -0.1) is 0 Å². The molecule has 2 unspecified atom stereocenters. The molecule has 0 amide bonds. The lowest BCUT2D eigenvalue weighted by molar-refractivity contribution is -0.142. The number of aryl methyl sites for hydroxylation is 1. The van der Waals surface area contributed by atoms with Crippen molar-refractivity contribution in [3.63, 3.8) is 0 Å². The van der Waals surface area contributed by atoms with Crippen LogP contribution in [0.1, 0.15) is 36.8 Å². The van der Waals surface area contributed by atoms with Gasteiger partial charge in [-0.3, -0.25) is 4.79 Å². The van der Waals surface area contributed by atoms with Gasteiger partial charge in [0.05, 0.1) is 24.0 Å². The Morgan fingerprint density at radius 1 is 1.35 bits per heavy atom. The molecule has 7 nitrogen and oxygen atoms in total. The maximum Gasteiger partial charge on any atom is 0.308 e. The standard InChI is InChI=1S/C12H17N3O4S/c16-12(17)8-3-4-10-13-11(14-15(10)6-8)9-2-1-5-20(18,19)7-9/h8-9H,1-7H2,(H,16,17). The molecule has 2 atom stereocenters. The summed E-state index contributed by atoms with van der Waals surface area (Å²) in [5, 5.41) is 13.4. The van der Waals surface area contributed by atoms with Crippen molar-refractivity contribution in [2.24, 2.45) is 5.92 Å².